The average Bonchev–Trinajstić information content (AvgIpc) is 2.95. The Labute approximate surface area is 99.4 Å². The van der Waals surface area contributed by atoms with Gasteiger partial charge in [0.15, 0.2) is 0 Å². The second-order valence-electron chi connectivity index (χ2n) is 4.75. The first-order valence-electron chi connectivity index (χ1n) is 6.18. The number of hydrogen-bond donors (Lipinski definition) is 1. The lowest BCUT2D eigenvalue weighted by Crippen LogP contribution is -2.17. The molecule has 0 radical (unpaired) electrons. The molecule has 0 aromatic carbocycles. The summed E-state index contributed by atoms with van der Waals surface area (Å²) in [7, 11) is 0. The highest BCUT2D eigenvalue weighted by molar-refractivity contribution is 5.88. The van der Waals surface area contributed by atoms with E-state index in [2.05, 4.69) is 5.10 Å². The van der Waals surface area contributed by atoms with Crippen LogP contribution in [0.5, 0.6) is 0 Å². The number of fused-ring (bicyclic) bond motifs is 1. The summed E-state index contributed by atoms with van der Waals surface area (Å²) in [4.78, 5) is 11.4. The van der Waals surface area contributed by atoms with Gasteiger partial charge in [-0.2, -0.15) is 5.10 Å². The van der Waals surface area contributed by atoms with Crippen LogP contribution in [0.4, 0.5) is 0 Å². The first-order chi connectivity index (χ1) is 8.27. The van der Waals surface area contributed by atoms with E-state index in [-0.39, 0.29) is 6.04 Å². The van der Waals surface area contributed by atoms with E-state index in [4.69, 9.17) is 4.74 Å². The predicted octanol–water partition coefficient (Wildman–Crippen LogP) is 1.42. The topological polar surface area (TPSA) is 64.3 Å². The van der Waals surface area contributed by atoms with Gasteiger partial charge >= 0.3 is 5.97 Å². The van der Waals surface area contributed by atoms with Crippen molar-refractivity contribution >= 4 is 5.97 Å². The fourth-order valence-corrected chi connectivity index (χ4v) is 2.78. The molecule has 0 amide bonds. The third-order valence-electron chi connectivity index (χ3n) is 3.64. The van der Waals surface area contributed by atoms with Gasteiger partial charge in [-0.3, -0.25) is 4.68 Å². The van der Waals surface area contributed by atoms with Gasteiger partial charge in [0.05, 0.1) is 18.3 Å². The summed E-state index contributed by atoms with van der Waals surface area (Å²) in [6, 6.07) is 0.103. The van der Waals surface area contributed by atoms with Crippen LogP contribution in [0.15, 0.2) is 0 Å². The van der Waals surface area contributed by atoms with E-state index in [1.54, 1.807) is 4.68 Å². The summed E-state index contributed by atoms with van der Waals surface area (Å²) >= 11 is 0. The minimum Gasteiger partial charge on any atom is -0.477 e. The summed E-state index contributed by atoms with van der Waals surface area (Å²) in [6.45, 7) is 1.29. The van der Waals surface area contributed by atoms with Crippen molar-refractivity contribution in [2.45, 2.75) is 38.1 Å². The molecule has 1 aliphatic heterocycles. The number of hydrogen-bond acceptors (Lipinski definition) is 3. The van der Waals surface area contributed by atoms with Crippen LogP contribution in [0, 0.1) is 0 Å². The van der Waals surface area contributed by atoms with Crippen molar-refractivity contribution < 1.29 is 14.6 Å². The molecule has 17 heavy (non-hydrogen) atoms. The Hall–Kier alpha value is -1.36. The molecule has 3 rings (SSSR count). The number of carbonyl (C=O) groups is 1. The second-order valence-corrected chi connectivity index (χ2v) is 4.75. The van der Waals surface area contributed by atoms with Crippen molar-refractivity contribution in [3.63, 3.8) is 0 Å². The summed E-state index contributed by atoms with van der Waals surface area (Å²) in [5, 5.41) is 13.9. The minimum atomic E-state index is -0.854. The second kappa shape index (κ2) is 4.14. The van der Waals surface area contributed by atoms with Crippen molar-refractivity contribution in [3.05, 3.63) is 17.0 Å². The highest BCUT2D eigenvalue weighted by Crippen LogP contribution is 2.28. The smallest absolute Gasteiger partial charge is 0.354 e. The van der Waals surface area contributed by atoms with E-state index in [0.29, 0.717) is 18.9 Å². The number of ether oxygens (including phenoxy) is 1. The van der Waals surface area contributed by atoms with Gasteiger partial charge in [0.25, 0.3) is 0 Å². The number of carboxylic acid groups (broad SMARTS) is 1. The molecule has 1 saturated heterocycles. The number of aromatic carboxylic acids is 1. The van der Waals surface area contributed by atoms with Gasteiger partial charge in [0.1, 0.15) is 5.69 Å². The first-order valence-corrected chi connectivity index (χ1v) is 6.18. The number of aromatic nitrogens is 2. The molecule has 92 valence electrons. The SMILES string of the molecule is O=C(O)c1c2c(nn1C1CCOC1)CCCC2. The molecule has 2 aliphatic rings. The van der Waals surface area contributed by atoms with Crippen molar-refractivity contribution in [2.24, 2.45) is 0 Å². The molecule has 1 N–H and O–H groups in total. The van der Waals surface area contributed by atoms with Gasteiger partial charge < -0.3 is 9.84 Å². The molecule has 0 saturated carbocycles. The Morgan fingerprint density at radius 1 is 1.41 bits per heavy atom. The molecule has 0 spiro atoms. The van der Waals surface area contributed by atoms with E-state index in [9.17, 15) is 9.90 Å². The highest BCUT2D eigenvalue weighted by Gasteiger charge is 2.29. The molecular formula is C12H16N2O3. The molecule has 0 bridgehead atoms. The molecular weight excluding hydrogens is 220 g/mol. The fourth-order valence-electron chi connectivity index (χ4n) is 2.78. The average molecular weight is 236 g/mol. The normalized spacial score (nSPS) is 23.6. The molecule has 1 aromatic rings. The van der Waals surface area contributed by atoms with Gasteiger partial charge in [0, 0.05) is 12.2 Å². The maximum Gasteiger partial charge on any atom is 0.354 e. The Kier molecular flexibility index (Phi) is 2.63. The van der Waals surface area contributed by atoms with Crippen LogP contribution in [0.25, 0.3) is 0 Å². The monoisotopic (exact) mass is 236 g/mol. The van der Waals surface area contributed by atoms with E-state index in [1.807, 2.05) is 0 Å². The molecule has 1 atom stereocenters. The summed E-state index contributed by atoms with van der Waals surface area (Å²) in [5.74, 6) is -0.854. The zero-order valence-electron chi connectivity index (χ0n) is 9.69. The molecule has 1 unspecified atom stereocenters. The number of carboxylic acids is 1. The quantitative estimate of drug-likeness (QED) is 0.843. The molecule has 5 heteroatoms. The van der Waals surface area contributed by atoms with E-state index in [0.717, 1.165) is 43.4 Å². The Balaban J connectivity index is 2.06. The summed E-state index contributed by atoms with van der Waals surface area (Å²) < 4.78 is 7.02. The largest absolute Gasteiger partial charge is 0.477 e. The zero-order valence-corrected chi connectivity index (χ0v) is 9.69. The molecule has 2 heterocycles. The van der Waals surface area contributed by atoms with Crippen molar-refractivity contribution in [1.29, 1.82) is 0 Å². The van der Waals surface area contributed by atoms with Crippen LogP contribution in [0.2, 0.25) is 0 Å². The van der Waals surface area contributed by atoms with Crippen LogP contribution in [0.1, 0.15) is 47.1 Å². The van der Waals surface area contributed by atoms with Crippen molar-refractivity contribution in [1.82, 2.24) is 9.78 Å². The predicted molar refractivity (Wildman–Crippen MR) is 60.3 cm³/mol. The Morgan fingerprint density at radius 2 is 2.24 bits per heavy atom. The fraction of sp³-hybridized carbons (Fsp3) is 0.667. The molecule has 5 nitrogen and oxygen atoms in total. The van der Waals surface area contributed by atoms with E-state index >= 15 is 0 Å². The van der Waals surface area contributed by atoms with Crippen LogP contribution in [-0.4, -0.2) is 34.1 Å². The van der Waals surface area contributed by atoms with Gasteiger partial charge in [-0.1, -0.05) is 0 Å². The lowest BCUT2D eigenvalue weighted by Gasteiger charge is -2.11. The van der Waals surface area contributed by atoms with Gasteiger partial charge in [-0.15, -0.1) is 0 Å². The minimum absolute atomic E-state index is 0.103. The maximum absolute atomic E-state index is 11.4. The first kappa shape index (κ1) is 10.8. The summed E-state index contributed by atoms with van der Waals surface area (Å²) in [6.07, 6.45) is 4.81. The van der Waals surface area contributed by atoms with Crippen molar-refractivity contribution in [3.8, 4) is 0 Å². The molecule has 1 aliphatic carbocycles. The van der Waals surface area contributed by atoms with E-state index in [1.165, 1.54) is 0 Å². The van der Waals surface area contributed by atoms with Crippen LogP contribution >= 0.6 is 0 Å². The summed E-state index contributed by atoms with van der Waals surface area (Å²) in [5.41, 5.74) is 2.34. The maximum atomic E-state index is 11.4. The highest BCUT2D eigenvalue weighted by atomic mass is 16.5. The standard InChI is InChI=1S/C12H16N2O3/c15-12(16)11-9-3-1-2-4-10(9)13-14(11)8-5-6-17-7-8/h8H,1-7H2,(H,15,16). The van der Waals surface area contributed by atoms with Crippen LogP contribution in [-0.2, 0) is 17.6 Å². The third kappa shape index (κ3) is 1.74. The van der Waals surface area contributed by atoms with Crippen molar-refractivity contribution in [2.75, 3.05) is 13.2 Å². The van der Waals surface area contributed by atoms with Crippen LogP contribution < -0.4 is 0 Å². The number of nitrogens with zero attached hydrogens (tertiary/aromatic N) is 2. The van der Waals surface area contributed by atoms with Gasteiger partial charge in [-0.25, -0.2) is 4.79 Å². The molecule has 1 fully saturated rings. The zero-order chi connectivity index (χ0) is 11.8. The van der Waals surface area contributed by atoms with Gasteiger partial charge in [0.2, 0.25) is 0 Å². The molecule has 1 aromatic heterocycles. The van der Waals surface area contributed by atoms with Crippen LogP contribution in [0.3, 0.4) is 0 Å². The lowest BCUT2D eigenvalue weighted by molar-refractivity contribution is 0.0678. The number of aryl methyl sites for hydroxylation is 1. The Bertz CT molecular complexity index is 447. The third-order valence-corrected chi connectivity index (χ3v) is 3.64. The number of rotatable bonds is 2. The Morgan fingerprint density at radius 3 is 2.94 bits per heavy atom. The van der Waals surface area contributed by atoms with E-state index < -0.39 is 5.97 Å². The van der Waals surface area contributed by atoms with Gasteiger partial charge in [-0.05, 0) is 32.1 Å². The lowest BCUT2D eigenvalue weighted by atomic mass is 9.96.